The van der Waals surface area contributed by atoms with Gasteiger partial charge in [0.25, 0.3) is 0 Å². The number of hydrogen-bond donors (Lipinski definition) is 2. The van der Waals surface area contributed by atoms with Crippen LogP contribution in [0.4, 0.5) is 4.79 Å². The second kappa shape index (κ2) is 6.39. The van der Waals surface area contributed by atoms with Gasteiger partial charge in [-0.2, -0.15) is 0 Å². The molecule has 0 spiro atoms. The van der Waals surface area contributed by atoms with Gasteiger partial charge in [-0.05, 0) is 59.7 Å². The number of fused-ring (bicyclic) bond motifs is 2. The summed E-state index contributed by atoms with van der Waals surface area (Å²) in [5.41, 5.74) is 6.55. The maximum Gasteiger partial charge on any atom is 0.407 e. The number of carbonyl (C=O) groups is 1. The standard InChI is InChI=1S/C21H21N3O3/c25-21(26)24-6-1-2-19(24)17-10-15(8-13-4-7-27-12-18(13)17)16-9-14-3-5-22-20(14)23-11-16/h3,5,8-11,19H,1-2,4,6-7,12H2,(H,22,23)(H,25,26)/t19-/m0/s1. The number of aromatic amines is 1. The van der Waals surface area contributed by atoms with Crippen molar-refractivity contribution in [3.05, 3.63) is 53.3 Å². The molecule has 1 fully saturated rings. The highest BCUT2D eigenvalue weighted by atomic mass is 16.5. The fourth-order valence-corrected chi connectivity index (χ4v) is 4.39. The maximum absolute atomic E-state index is 11.7. The predicted octanol–water partition coefficient (Wildman–Crippen LogP) is 4.12. The van der Waals surface area contributed by atoms with Crippen LogP contribution in [0.2, 0.25) is 0 Å². The summed E-state index contributed by atoms with van der Waals surface area (Å²) in [5, 5.41) is 10.7. The summed E-state index contributed by atoms with van der Waals surface area (Å²) in [6.45, 7) is 1.86. The second-order valence-corrected chi connectivity index (χ2v) is 7.28. The average Bonchev–Trinajstić information content (AvgIpc) is 3.35. The van der Waals surface area contributed by atoms with Gasteiger partial charge in [0.1, 0.15) is 5.65 Å². The van der Waals surface area contributed by atoms with Crippen LogP contribution in [0, 0.1) is 0 Å². The number of ether oxygens (including phenoxy) is 1. The van der Waals surface area contributed by atoms with Crippen LogP contribution in [0.15, 0.2) is 36.7 Å². The number of nitrogens with zero attached hydrogens (tertiary/aromatic N) is 2. The van der Waals surface area contributed by atoms with Crippen LogP contribution < -0.4 is 0 Å². The van der Waals surface area contributed by atoms with E-state index in [-0.39, 0.29) is 6.04 Å². The van der Waals surface area contributed by atoms with E-state index in [4.69, 9.17) is 4.74 Å². The fourth-order valence-electron chi connectivity index (χ4n) is 4.39. The molecule has 0 saturated carbocycles. The van der Waals surface area contributed by atoms with Crippen molar-refractivity contribution < 1.29 is 14.6 Å². The fraction of sp³-hybridized carbons (Fsp3) is 0.333. The van der Waals surface area contributed by atoms with Crippen molar-refractivity contribution in [2.75, 3.05) is 13.2 Å². The molecule has 6 heteroatoms. The van der Waals surface area contributed by atoms with Crippen molar-refractivity contribution in [2.45, 2.75) is 31.9 Å². The highest BCUT2D eigenvalue weighted by Crippen LogP contribution is 2.39. The number of nitrogens with one attached hydrogen (secondary N) is 1. The molecule has 6 nitrogen and oxygen atoms in total. The van der Waals surface area contributed by atoms with E-state index < -0.39 is 6.09 Å². The van der Waals surface area contributed by atoms with Crippen LogP contribution in [0.5, 0.6) is 0 Å². The third-order valence-corrected chi connectivity index (χ3v) is 5.73. The van der Waals surface area contributed by atoms with E-state index in [1.54, 1.807) is 4.90 Å². The maximum atomic E-state index is 11.7. The molecule has 2 aliphatic heterocycles. The first-order valence-electron chi connectivity index (χ1n) is 9.37. The van der Waals surface area contributed by atoms with Gasteiger partial charge in [-0.1, -0.05) is 6.07 Å². The summed E-state index contributed by atoms with van der Waals surface area (Å²) in [5.74, 6) is 0. The molecule has 0 aliphatic carbocycles. The van der Waals surface area contributed by atoms with Crippen molar-refractivity contribution >= 4 is 17.1 Å². The molecule has 138 valence electrons. The van der Waals surface area contributed by atoms with E-state index >= 15 is 0 Å². The van der Waals surface area contributed by atoms with Crippen molar-refractivity contribution in [3.8, 4) is 11.1 Å². The summed E-state index contributed by atoms with van der Waals surface area (Å²) >= 11 is 0. The minimum Gasteiger partial charge on any atom is -0.465 e. The van der Waals surface area contributed by atoms with Gasteiger partial charge < -0.3 is 19.7 Å². The van der Waals surface area contributed by atoms with E-state index in [2.05, 4.69) is 28.2 Å². The first kappa shape index (κ1) is 16.3. The molecule has 1 amide bonds. The first-order chi connectivity index (χ1) is 13.2. The van der Waals surface area contributed by atoms with Gasteiger partial charge in [-0.15, -0.1) is 0 Å². The van der Waals surface area contributed by atoms with E-state index in [1.165, 1.54) is 11.1 Å². The Hall–Kier alpha value is -2.86. The molecule has 2 aliphatic rings. The number of benzene rings is 1. The molecule has 1 aromatic carbocycles. The highest BCUT2D eigenvalue weighted by Gasteiger charge is 2.32. The quantitative estimate of drug-likeness (QED) is 0.718. The van der Waals surface area contributed by atoms with Gasteiger partial charge >= 0.3 is 6.09 Å². The summed E-state index contributed by atoms with van der Waals surface area (Å²) in [7, 11) is 0. The molecule has 0 radical (unpaired) electrons. The number of H-pyrrole nitrogens is 1. The van der Waals surface area contributed by atoms with Crippen LogP contribution in [0.1, 0.15) is 35.6 Å². The molecular formula is C21H21N3O3. The van der Waals surface area contributed by atoms with Crippen molar-refractivity contribution in [2.24, 2.45) is 0 Å². The van der Waals surface area contributed by atoms with Crippen LogP contribution in [0.3, 0.4) is 0 Å². The third-order valence-electron chi connectivity index (χ3n) is 5.73. The minimum atomic E-state index is -0.844. The van der Waals surface area contributed by atoms with Crippen LogP contribution in [-0.4, -0.2) is 39.2 Å². The summed E-state index contributed by atoms with van der Waals surface area (Å²) in [6.07, 6.45) is 5.54. The van der Waals surface area contributed by atoms with Gasteiger partial charge in [0.05, 0.1) is 19.3 Å². The van der Waals surface area contributed by atoms with E-state index in [0.717, 1.165) is 47.0 Å². The van der Waals surface area contributed by atoms with Crippen LogP contribution >= 0.6 is 0 Å². The Bertz CT molecular complexity index is 1030. The van der Waals surface area contributed by atoms with Crippen LogP contribution in [-0.2, 0) is 17.8 Å². The molecular weight excluding hydrogens is 342 g/mol. The number of rotatable bonds is 2. The Morgan fingerprint density at radius 1 is 1.30 bits per heavy atom. The zero-order valence-corrected chi connectivity index (χ0v) is 14.9. The third kappa shape index (κ3) is 2.77. The Kier molecular flexibility index (Phi) is 3.86. The van der Waals surface area contributed by atoms with E-state index in [9.17, 15) is 9.90 Å². The van der Waals surface area contributed by atoms with Crippen LogP contribution in [0.25, 0.3) is 22.2 Å². The Morgan fingerprint density at radius 2 is 2.22 bits per heavy atom. The first-order valence-corrected chi connectivity index (χ1v) is 9.37. The number of pyridine rings is 1. The summed E-state index contributed by atoms with van der Waals surface area (Å²) < 4.78 is 5.70. The summed E-state index contributed by atoms with van der Waals surface area (Å²) in [4.78, 5) is 20.9. The lowest BCUT2D eigenvalue weighted by molar-refractivity contribution is 0.107. The number of carboxylic acid groups (broad SMARTS) is 1. The van der Waals surface area contributed by atoms with Gasteiger partial charge in [0.2, 0.25) is 0 Å². The minimum absolute atomic E-state index is 0.0955. The highest BCUT2D eigenvalue weighted by molar-refractivity contribution is 5.81. The molecule has 1 saturated heterocycles. The van der Waals surface area contributed by atoms with Gasteiger partial charge in [0.15, 0.2) is 0 Å². The topological polar surface area (TPSA) is 78.5 Å². The van der Waals surface area contributed by atoms with Gasteiger partial charge in [0, 0.05) is 29.9 Å². The zero-order chi connectivity index (χ0) is 18.4. The Labute approximate surface area is 156 Å². The number of aromatic nitrogens is 2. The number of hydrogen-bond acceptors (Lipinski definition) is 3. The summed E-state index contributed by atoms with van der Waals surface area (Å²) in [6, 6.07) is 8.42. The second-order valence-electron chi connectivity index (χ2n) is 7.28. The van der Waals surface area contributed by atoms with Gasteiger partial charge in [-0.25, -0.2) is 9.78 Å². The molecule has 2 aromatic heterocycles. The smallest absolute Gasteiger partial charge is 0.407 e. The lowest BCUT2D eigenvalue weighted by Gasteiger charge is -2.28. The normalized spacial score (nSPS) is 19.4. The lowest BCUT2D eigenvalue weighted by Crippen LogP contribution is -2.30. The molecule has 0 bridgehead atoms. The number of amides is 1. The van der Waals surface area contributed by atoms with E-state index in [1.807, 2.05) is 18.5 Å². The molecule has 0 unspecified atom stereocenters. The number of likely N-dealkylation sites (tertiary alicyclic amines) is 1. The zero-order valence-electron chi connectivity index (χ0n) is 14.9. The molecule has 1 atom stereocenters. The molecule has 4 heterocycles. The predicted molar refractivity (Wildman–Crippen MR) is 102 cm³/mol. The lowest BCUT2D eigenvalue weighted by atomic mass is 9.88. The Morgan fingerprint density at radius 3 is 3.11 bits per heavy atom. The SMILES string of the molecule is O=C(O)N1CCC[C@H]1c1cc(-c2cnc3[nH]ccc3c2)cc2c1COCC2. The van der Waals surface area contributed by atoms with Gasteiger partial charge in [-0.3, -0.25) is 0 Å². The monoisotopic (exact) mass is 363 g/mol. The van der Waals surface area contributed by atoms with Crippen molar-refractivity contribution in [1.29, 1.82) is 0 Å². The largest absolute Gasteiger partial charge is 0.465 e. The van der Waals surface area contributed by atoms with Crippen molar-refractivity contribution in [1.82, 2.24) is 14.9 Å². The average molecular weight is 363 g/mol. The van der Waals surface area contributed by atoms with E-state index in [0.29, 0.717) is 19.8 Å². The molecule has 3 aromatic rings. The molecule has 2 N–H and O–H groups in total. The molecule has 27 heavy (non-hydrogen) atoms. The molecule has 5 rings (SSSR count). The Balaban J connectivity index is 1.65. The van der Waals surface area contributed by atoms with Crippen molar-refractivity contribution in [3.63, 3.8) is 0 Å².